The summed E-state index contributed by atoms with van der Waals surface area (Å²) in [5.41, 5.74) is 1.44. The third-order valence-electron chi connectivity index (χ3n) is 2.57. The summed E-state index contributed by atoms with van der Waals surface area (Å²) < 4.78 is 0. The zero-order valence-electron chi connectivity index (χ0n) is 8.81. The van der Waals surface area contributed by atoms with Crippen LogP contribution < -0.4 is 0 Å². The van der Waals surface area contributed by atoms with Crippen LogP contribution in [0.1, 0.15) is 58.3 Å². The average Bonchev–Trinajstić information content (AvgIpc) is 2.63. The Hall–Kier alpha value is -0.520. The van der Waals surface area contributed by atoms with Gasteiger partial charge in [-0.1, -0.05) is 51.2 Å². The molecule has 0 spiro atoms. The molecule has 13 heavy (non-hydrogen) atoms. The first-order chi connectivity index (χ1) is 6.43. The normalized spacial score (nSPS) is 15.0. The Kier molecular flexibility index (Phi) is 5.64. The third-order valence-corrected chi connectivity index (χ3v) is 2.57. The Morgan fingerprint density at radius 1 is 1.15 bits per heavy atom. The van der Waals surface area contributed by atoms with Crippen LogP contribution in [0.5, 0.6) is 0 Å². The first-order valence-electron chi connectivity index (χ1n) is 5.69. The molecular formula is C13H21. The Labute approximate surface area is 82.7 Å². The van der Waals surface area contributed by atoms with Crippen molar-refractivity contribution in [1.82, 2.24) is 0 Å². The lowest BCUT2D eigenvalue weighted by molar-refractivity contribution is 0.608. The third kappa shape index (κ3) is 4.92. The SMILES string of the molecule is CCCCCCCCC1=[C]CC=C1. The second-order valence-electron chi connectivity index (χ2n) is 3.83. The minimum Gasteiger partial charge on any atom is -0.0798 e. The lowest BCUT2D eigenvalue weighted by Gasteiger charge is -2.00. The lowest BCUT2D eigenvalue weighted by Crippen LogP contribution is -1.81. The number of hydrogen-bond donors (Lipinski definition) is 0. The summed E-state index contributed by atoms with van der Waals surface area (Å²) in [6.07, 6.45) is 18.5. The van der Waals surface area contributed by atoms with Crippen molar-refractivity contribution in [1.29, 1.82) is 0 Å². The fourth-order valence-corrected chi connectivity index (χ4v) is 1.72. The van der Waals surface area contributed by atoms with Crippen LogP contribution in [0.25, 0.3) is 0 Å². The highest BCUT2D eigenvalue weighted by molar-refractivity contribution is 5.21. The molecule has 0 aromatic heterocycles. The first kappa shape index (κ1) is 10.6. The molecule has 1 aliphatic rings. The van der Waals surface area contributed by atoms with Crippen molar-refractivity contribution in [3.63, 3.8) is 0 Å². The van der Waals surface area contributed by atoms with E-state index in [1.807, 2.05) is 0 Å². The maximum absolute atomic E-state index is 3.36. The van der Waals surface area contributed by atoms with Crippen LogP contribution in [0.15, 0.2) is 17.7 Å². The Morgan fingerprint density at radius 2 is 1.92 bits per heavy atom. The van der Waals surface area contributed by atoms with Gasteiger partial charge < -0.3 is 0 Å². The van der Waals surface area contributed by atoms with E-state index in [4.69, 9.17) is 0 Å². The Bertz CT molecular complexity index is 174. The van der Waals surface area contributed by atoms with Crippen LogP contribution in [0.3, 0.4) is 0 Å². The van der Waals surface area contributed by atoms with Crippen LogP contribution in [0, 0.1) is 6.08 Å². The largest absolute Gasteiger partial charge is 0.0798 e. The molecule has 0 aromatic carbocycles. The summed E-state index contributed by atoms with van der Waals surface area (Å²) in [6, 6.07) is 0. The monoisotopic (exact) mass is 177 g/mol. The summed E-state index contributed by atoms with van der Waals surface area (Å²) >= 11 is 0. The Morgan fingerprint density at radius 3 is 2.62 bits per heavy atom. The van der Waals surface area contributed by atoms with Crippen molar-refractivity contribution >= 4 is 0 Å². The molecule has 0 aliphatic heterocycles. The van der Waals surface area contributed by atoms with E-state index in [1.165, 1.54) is 50.5 Å². The van der Waals surface area contributed by atoms with Gasteiger partial charge >= 0.3 is 0 Å². The standard InChI is InChI=1S/C13H21/c1-2-3-4-5-6-7-10-13-11-8-9-12-13/h8,11H,2-7,9-10H2,1H3. The van der Waals surface area contributed by atoms with Gasteiger partial charge in [0.05, 0.1) is 0 Å². The molecule has 0 nitrogen and oxygen atoms in total. The number of hydrogen-bond acceptors (Lipinski definition) is 0. The molecule has 0 amide bonds. The highest BCUT2D eigenvalue weighted by Gasteiger charge is 1.97. The molecule has 0 unspecified atom stereocenters. The lowest BCUT2D eigenvalue weighted by atomic mass is 10.1. The van der Waals surface area contributed by atoms with Gasteiger partial charge in [0.1, 0.15) is 0 Å². The second-order valence-corrected chi connectivity index (χ2v) is 3.83. The van der Waals surface area contributed by atoms with Crippen molar-refractivity contribution in [2.75, 3.05) is 0 Å². The van der Waals surface area contributed by atoms with E-state index in [0.717, 1.165) is 6.42 Å². The van der Waals surface area contributed by atoms with E-state index in [1.54, 1.807) is 0 Å². The highest BCUT2D eigenvalue weighted by atomic mass is 14.0. The summed E-state index contributed by atoms with van der Waals surface area (Å²) in [4.78, 5) is 0. The molecule has 0 bridgehead atoms. The van der Waals surface area contributed by atoms with Gasteiger partial charge in [-0.25, -0.2) is 0 Å². The number of allylic oxidation sites excluding steroid dienone is 4. The molecule has 0 heteroatoms. The predicted molar refractivity (Wildman–Crippen MR) is 58.5 cm³/mol. The van der Waals surface area contributed by atoms with Gasteiger partial charge in [-0.15, -0.1) is 0 Å². The van der Waals surface area contributed by atoms with Gasteiger partial charge in [-0.2, -0.15) is 0 Å². The minimum absolute atomic E-state index is 1.05. The van der Waals surface area contributed by atoms with Gasteiger partial charge in [0.25, 0.3) is 0 Å². The van der Waals surface area contributed by atoms with Crippen LogP contribution in [0.4, 0.5) is 0 Å². The van der Waals surface area contributed by atoms with E-state index in [0.29, 0.717) is 0 Å². The smallest absolute Gasteiger partial charge is 0.00885 e. The molecule has 0 fully saturated rings. The summed E-state index contributed by atoms with van der Waals surface area (Å²) in [5, 5.41) is 0. The molecule has 1 aliphatic carbocycles. The number of rotatable bonds is 7. The van der Waals surface area contributed by atoms with Crippen LogP contribution in [0.2, 0.25) is 0 Å². The topological polar surface area (TPSA) is 0 Å². The minimum atomic E-state index is 1.05. The quantitative estimate of drug-likeness (QED) is 0.505. The molecule has 0 saturated heterocycles. The molecule has 0 N–H and O–H groups in total. The first-order valence-corrected chi connectivity index (χ1v) is 5.69. The highest BCUT2D eigenvalue weighted by Crippen LogP contribution is 2.16. The molecule has 1 rings (SSSR count). The van der Waals surface area contributed by atoms with Crippen molar-refractivity contribution in [3.8, 4) is 0 Å². The second kappa shape index (κ2) is 6.94. The van der Waals surface area contributed by atoms with Crippen molar-refractivity contribution < 1.29 is 0 Å². The van der Waals surface area contributed by atoms with E-state index in [9.17, 15) is 0 Å². The van der Waals surface area contributed by atoms with Crippen molar-refractivity contribution in [2.24, 2.45) is 0 Å². The maximum Gasteiger partial charge on any atom is -0.00885 e. The van der Waals surface area contributed by atoms with E-state index in [-0.39, 0.29) is 0 Å². The molecule has 0 saturated carbocycles. The summed E-state index contributed by atoms with van der Waals surface area (Å²) in [7, 11) is 0. The zero-order chi connectivity index (χ0) is 9.36. The molecular weight excluding hydrogens is 156 g/mol. The van der Waals surface area contributed by atoms with Gasteiger partial charge in [-0.3, -0.25) is 0 Å². The summed E-state index contributed by atoms with van der Waals surface area (Å²) in [5.74, 6) is 0. The van der Waals surface area contributed by atoms with Crippen LogP contribution in [-0.4, -0.2) is 0 Å². The summed E-state index contributed by atoms with van der Waals surface area (Å²) in [6.45, 7) is 2.27. The van der Waals surface area contributed by atoms with Crippen LogP contribution in [-0.2, 0) is 0 Å². The van der Waals surface area contributed by atoms with Crippen LogP contribution >= 0.6 is 0 Å². The zero-order valence-corrected chi connectivity index (χ0v) is 8.81. The van der Waals surface area contributed by atoms with Gasteiger partial charge in [-0.05, 0) is 30.9 Å². The molecule has 0 aromatic rings. The fourth-order valence-electron chi connectivity index (χ4n) is 1.72. The van der Waals surface area contributed by atoms with Gasteiger partial charge in [0, 0.05) is 0 Å². The molecule has 0 heterocycles. The van der Waals surface area contributed by atoms with E-state index >= 15 is 0 Å². The fraction of sp³-hybridized carbons (Fsp3) is 0.692. The number of unbranched alkanes of at least 4 members (excludes halogenated alkanes) is 5. The molecule has 1 radical (unpaired) electrons. The van der Waals surface area contributed by atoms with Crippen molar-refractivity contribution in [2.45, 2.75) is 58.3 Å². The predicted octanol–water partition coefficient (Wildman–Crippen LogP) is 4.43. The Balaban J connectivity index is 1.86. The van der Waals surface area contributed by atoms with E-state index in [2.05, 4.69) is 25.2 Å². The van der Waals surface area contributed by atoms with Crippen molar-refractivity contribution in [3.05, 3.63) is 23.8 Å². The molecule has 0 atom stereocenters. The average molecular weight is 177 g/mol. The van der Waals surface area contributed by atoms with Gasteiger partial charge in [0.15, 0.2) is 0 Å². The maximum atomic E-state index is 3.36. The van der Waals surface area contributed by atoms with E-state index < -0.39 is 0 Å². The van der Waals surface area contributed by atoms with Gasteiger partial charge in [0.2, 0.25) is 0 Å². The molecule has 73 valence electrons.